The van der Waals surface area contributed by atoms with Crippen LogP contribution in [0.5, 0.6) is 0 Å². The minimum Gasteiger partial charge on any atom is -0.292 e. The zero-order valence-electron chi connectivity index (χ0n) is 30.2. The number of rotatable bonds is 5. The molecule has 3 heteroatoms. The van der Waals surface area contributed by atoms with Gasteiger partial charge in [0.1, 0.15) is 5.82 Å². The Labute approximate surface area is 280 Å². The van der Waals surface area contributed by atoms with Crippen LogP contribution in [0.25, 0.3) is 83.0 Å². The van der Waals surface area contributed by atoms with E-state index in [9.17, 15) is 0 Å². The van der Waals surface area contributed by atoms with Gasteiger partial charge in [-0.15, -0.1) is 0 Å². The lowest BCUT2D eigenvalue weighted by atomic mass is 9.84. The number of hydrogen-bond donors (Lipinski definition) is 0. The molecule has 0 saturated heterocycles. The molecule has 2 aromatic heterocycles. The molecule has 0 aliphatic rings. The maximum atomic E-state index is 8.93. The third-order valence-corrected chi connectivity index (χ3v) is 8.80. The van der Waals surface area contributed by atoms with Crippen LogP contribution in [0.2, 0.25) is 0 Å². The molecule has 9 rings (SSSR count). The quantitative estimate of drug-likeness (QED) is 0.183. The van der Waals surface area contributed by atoms with Crippen molar-refractivity contribution in [3.63, 3.8) is 0 Å². The third-order valence-electron chi connectivity index (χ3n) is 8.80. The van der Waals surface area contributed by atoms with E-state index in [2.05, 4.69) is 83.8 Å². The first-order chi connectivity index (χ1) is 25.4. The molecule has 0 amide bonds. The van der Waals surface area contributed by atoms with E-state index < -0.39 is 18.1 Å². The molecule has 0 N–H and O–H groups in total. The summed E-state index contributed by atoms with van der Waals surface area (Å²) in [5.74, 6) is 0.484. The van der Waals surface area contributed by atoms with Crippen LogP contribution in [0.1, 0.15) is 6.85 Å². The summed E-state index contributed by atoms with van der Waals surface area (Å²) in [6.45, 7) is 0. The summed E-state index contributed by atoms with van der Waals surface area (Å²) < 4.78 is 44.8. The largest absolute Gasteiger partial charge is 0.292 e. The number of benzene rings is 7. The fourth-order valence-corrected chi connectivity index (χ4v) is 6.81. The SMILES string of the molecule is [2H]c1c([2H])c([2H])c(-n2c(-c3ccccc3-c3c4ccccc4c(-c4cccc(-c5ccncc5)c4)c4ccccc34)nc3ccccc32)c([2H])c1[2H]. The van der Waals surface area contributed by atoms with Gasteiger partial charge in [0.25, 0.3) is 0 Å². The van der Waals surface area contributed by atoms with E-state index in [1.165, 1.54) is 0 Å². The Kier molecular flexibility index (Phi) is 5.32. The van der Waals surface area contributed by atoms with Crippen molar-refractivity contribution < 1.29 is 6.85 Å². The van der Waals surface area contributed by atoms with Gasteiger partial charge in [-0.05, 0) is 97.3 Å². The molecule has 0 aliphatic heterocycles. The average molecular weight is 605 g/mol. The summed E-state index contributed by atoms with van der Waals surface area (Å²) in [7, 11) is 0. The Bertz CT molecular complexity index is 2780. The van der Waals surface area contributed by atoms with E-state index >= 15 is 0 Å². The zero-order chi connectivity index (χ0) is 35.5. The molecular weight excluding hydrogens is 571 g/mol. The number of nitrogens with zero attached hydrogens (tertiary/aromatic N) is 3. The topological polar surface area (TPSA) is 30.7 Å². The van der Waals surface area contributed by atoms with Crippen molar-refractivity contribution in [1.82, 2.24) is 14.5 Å². The average Bonchev–Trinajstić information content (AvgIpc) is 3.58. The Morgan fingerprint density at radius 1 is 0.489 bits per heavy atom. The number of fused-ring (bicyclic) bond motifs is 3. The Balaban J connectivity index is 1.36. The first-order valence-electron chi connectivity index (χ1n) is 18.0. The van der Waals surface area contributed by atoms with Crippen molar-refractivity contribution in [2.75, 3.05) is 0 Å². The van der Waals surface area contributed by atoms with E-state index in [-0.39, 0.29) is 17.8 Å². The lowest BCUT2D eigenvalue weighted by Gasteiger charge is -2.20. The summed E-state index contributed by atoms with van der Waals surface area (Å²) >= 11 is 0. The minimum absolute atomic E-state index is 0.0589. The Morgan fingerprint density at radius 3 is 1.81 bits per heavy atom. The maximum Gasteiger partial charge on any atom is 0.146 e. The highest BCUT2D eigenvalue weighted by Gasteiger charge is 2.22. The second kappa shape index (κ2) is 11.2. The molecule has 0 saturated carbocycles. The Morgan fingerprint density at radius 2 is 1.09 bits per heavy atom. The van der Waals surface area contributed by atoms with Gasteiger partial charge in [0.2, 0.25) is 0 Å². The molecule has 3 nitrogen and oxygen atoms in total. The minimum atomic E-state index is -0.436. The van der Waals surface area contributed by atoms with Gasteiger partial charge in [-0.2, -0.15) is 0 Å². The standard InChI is InChI=1S/C44H29N3/c1-2-15-33(16-3-1)47-41-24-11-10-23-40(41)46-44(47)39-22-9-8-21-38(39)43-36-19-6-4-17-34(36)42(35-18-5-7-20-37(35)43)32-14-12-13-31(29-32)30-25-27-45-28-26-30/h1-29H/i1D,2D,3D,15D,16D. The second-order valence-electron chi connectivity index (χ2n) is 11.4. The first kappa shape index (κ1) is 22.2. The molecule has 0 radical (unpaired) electrons. The zero-order valence-corrected chi connectivity index (χ0v) is 25.2. The first-order valence-corrected chi connectivity index (χ1v) is 15.5. The van der Waals surface area contributed by atoms with Crippen LogP contribution in [-0.2, 0) is 0 Å². The van der Waals surface area contributed by atoms with Gasteiger partial charge in [-0.3, -0.25) is 9.55 Å². The van der Waals surface area contributed by atoms with Gasteiger partial charge in [-0.1, -0.05) is 121 Å². The van der Waals surface area contributed by atoms with Crippen molar-refractivity contribution in [3.05, 3.63) is 176 Å². The fraction of sp³-hybridized carbons (Fsp3) is 0. The smallest absolute Gasteiger partial charge is 0.146 e. The van der Waals surface area contributed by atoms with E-state index in [1.54, 1.807) is 4.57 Å². The highest BCUT2D eigenvalue weighted by Crippen LogP contribution is 2.46. The molecule has 0 bridgehead atoms. The number of para-hydroxylation sites is 3. The van der Waals surface area contributed by atoms with Crippen LogP contribution >= 0.6 is 0 Å². The number of aromatic nitrogens is 3. The lowest BCUT2D eigenvalue weighted by molar-refractivity contribution is 1.10. The molecule has 7 aromatic carbocycles. The molecule has 0 atom stereocenters. The monoisotopic (exact) mass is 604 g/mol. The molecule has 0 spiro atoms. The van der Waals surface area contributed by atoms with Gasteiger partial charge >= 0.3 is 0 Å². The van der Waals surface area contributed by atoms with E-state index in [4.69, 9.17) is 11.8 Å². The van der Waals surface area contributed by atoms with Gasteiger partial charge < -0.3 is 0 Å². The predicted molar refractivity (Wildman–Crippen MR) is 196 cm³/mol. The van der Waals surface area contributed by atoms with Crippen molar-refractivity contribution >= 4 is 32.6 Å². The highest BCUT2D eigenvalue weighted by molar-refractivity contribution is 6.22. The molecule has 2 heterocycles. The van der Waals surface area contributed by atoms with Gasteiger partial charge in [-0.25, -0.2) is 4.98 Å². The number of hydrogen-bond acceptors (Lipinski definition) is 2. The summed E-state index contributed by atoms with van der Waals surface area (Å²) in [5.41, 5.74) is 8.50. The second-order valence-corrected chi connectivity index (χ2v) is 11.4. The van der Waals surface area contributed by atoms with E-state index in [0.29, 0.717) is 16.9 Å². The van der Waals surface area contributed by atoms with Crippen molar-refractivity contribution in [2.24, 2.45) is 0 Å². The normalized spacial score (nSPS) is 12.9. The van der Waals surface area contributed by atoms with E-state index in [1.807, 2.05) is 67.0 Å². The number of imidazole rings is 1. The van der Waals surface area contributed by atoms with Gasteiger partial charge in [0, 0.05) is 23.6 Å². The van der Waals surface area contributed by atoms with Crippen molar-refractivity contribution in [2.45, 2.75) is 0 Å². The molecule has 47 heavy (non-hydrogen) atoms. The summed E-state index contributed by atoms with van der Waals surface area (Å²) in [5, 5.41) is 4.31. The van der Waals surface area contributed by atoms with Gasteiger partial charge in [0.05, 0.1) is 17.9 Å². The molecule has 9 aromatic rings. The molecular formula is C44H29N3. The highest BCUT2D eigenvalue weighted by atomic mass is 15.1. The van der Waals surface area contributed by atoms with E-state index in [0.717, 1.165) is 60.5 Å². The fourth-order valence-electron chi connectivity index (χ4n) is 6.81. The molecule has 0 aliphatic carbocycles. The van der Waals surface area contributed by atoms with Crippen molar-refractivity contribution in [1.29, 1.82) is 0 Å². The van der Waals surface area contributed by atoms with Crippen LogP contribution in [0.4, 0.5) is 0 Å². The van der Waals surface area contributed by atoms with Gasteiger partial charge in [0.15, 0.2) is 0 Å². The van der Waals surface area contributed by atoms with Crippen LogP contribution in [0.3, 0.4) is 0 Å². The molecule has 0 fully saturated rings. The molecule has 220 valence electrons. The Hall–Kier alpha value is -6.32. The third kappa shape index (κ3) is 4.52. The maximum absolute atomic E-state index is 8.93. The lowest BCUT2D eigenvalue weighted by Crippen LogP contribution is -1.99. The van der Waals surface area contributed by atoms with Crippen LogP contribution in [0.15, 0.2) is 176 Å². The van der Waals surface area contributed by atoms with Crippen LogP contribution < -0.4 is 0 Å². The van der Waals surface area contributed by atoms with Crippen molar-refractivity contribution in [3.8, 4) is 50.5 Å². The van der Waals surface area contributed by atoms with Crippen LogP contribution in [0, 0.1) is 0 Å². The number of pyridine rings is 1. The van der Waals surface area contributed by atoms with Crippen LogP contribution in [-0.4, -0.2) is 14.5 Å². The predicted octanol–water partition coefficient (Wildman–Crippen LogP) is 11.4. The molecule has 0 unspecified atom stereocenters. The summed E-state index contributed by atoms with van der Waals surface area (Å²) in [6.07, 6.45) is 3.62. The summed E-state index contributed by atoms with van der Waals surface area (Å²) in [6, 6.07) is 43.3. The summed E-state index contributed by atoms with van der Waals surface area (Å²) in [4.78, 5) is 9.30.